The second-order valence-corrected chi connectivity index (χ2v) is 7.30. The molecule has 2 aromatic carbocycles. The van der Waals surface area contributed by atoms with Crippen molar-refractivity contribution in [2.24, 2.45) is 10.2 Å². The largest absolute Gasteiger partial charge is 0.313 e. The van der Waals surface area contributed by atoms with Crippen molar-refractivity contribution in [3.8, 4) is 5.69 Å². The summed E-state index contributed by atoms with van der Waals surface area (Å²) in [6.07, 6.45) is 3.62. The third-order valence-corrected chi connectivity index (χ3v) is 5.55. The predicted octanol–water partition coefficient (Wildman–Crippen LogP) is 4.37. The van der Waals surface area contributed by atoms with Gasteiger partial charge in [-0.1, -0.05) is 59.4 Å². The van der Waals surface area contributed by atoms with Gasteiger partial charge in [-0.05, 0) is 25.1 Å². The van der Waals surface area contributed by atoms with Crippen LogP contribution in [0.25, 0.3) is 11.8 Å². The molecule has 0 saturated heterocycles. The number of hydrogen-bond acceptors (Lipinski definition) is 5. The zero-order valence-corrected chi connectivity index (χ0v) is 15.7. The normalized spacial score (nSPS) is 14.8. The maximum absolute atomic E-state index is 12.5. The van der Waals surface area contributed by atoms with Crippen LogP contribution in [0.1, 0.15) is 16.0 Å². The van der Waals surface area contributed by atoms with Gasteiger partial charge in [0.1, 0.15) is 5.71 Å². The Morgan fingerprint density at radius 2 is 1.81 bits per heavy atom. The highest BCUT2D eigenvalue weighted by atomic mass is 32.1. The monoisotopic (exact) mass is 377 g/mol. The Balaban J connectivity index is 1.76. The molecule has 0 atom stereocenters. The second kappa shape index (κ2) is 6.90. The maximum Gasteiger partial charge on any atom is 0.313 e. The summed E-state index contributed by atoms with van der Waals surface area (Å²) in [6, 6.07) is 17.7. The molecule has 128 valence electrons. The van der Waals surface area contributed by atoms with E-state index >= 15 is 0 Å². The third-order valence-electron chi connectivity index (χ3n) is 4.07. The van der Waals surface area contributed by atoms with E-state index in [0.717, 1.165) is 44.3 Å². The molecule has 0 bridgehead atoms. The van der Waals surface area contributed by atoms with Crippen LogP contribution in [0.5, 0.6) is 0 Å². The highest BCUT2D eigenvalue weighted by molar-refractivity contribution is 7.80. The molecule has 0 amide bonds. The van der Waals surface area contributed by atoms with Crippen LogP contribution in [0.2, 0.25) is 0 Å². The van der Waals surface area contributed by atoms with Gasteiger partial charge in [0.25, 0.3) is 0 Å². The van der Waals surface area contributed by atoms with Gasteiger partial charge in [-0.2, -0.15) is 5.10 Å². The van der Waals surface area contributed by atoms with Crippen molar-refractivity contribution in [1.29, 1.82) is 0 Å². The molecule has 2 heterocycles. The average molecular weight is 377 g/mol. The molecule has 0 N–H and O–H groups in total. The minimum absolute atomic E-state index is 0.0705. The summed E-state index contributed by atoms with van der Waals surface area (Å²) in [7, 11) is 0. The Labute approximate surface area is 160 Å². The Morgan fingerprint density at radius 1 is 1.08 bits per heavy atom. The minimum Gasteiger partial charge on any atom is -0.262 e. The molecule has 4 rings (SSSR count). The van der Waals surface area contributed by atoms with Crippen LogP contribution >= 0.6 is 24.0 Å². The molecule has 0 unspecified atom stereocenters. The van der Waals surface area contributed by atoms with Crippen molar-refractivity contribution in [3.05, 3.63) is 85.8 Å². The lowest BCUT2D eigenvalue weighted by molar-refractivity contribution is 0.923. The van der Waals surface area contributed by atoms with Gasteiger partial charge < -0.3 is 0 Å². The summed E-state index contributed by atoms with van der Waals surface area (Å²) in [4.78, 5) is 13.2. The lowest BCUT2D eigenvalue weighted by Gasteiger charge is -2.05. The molecule has 0 radical (unpaired) electrons. The molecule has 4 nitrogen and oxygen atoms in total. The molecule has 6 heteroatoms. The van der Waals surface area contributed by atoms with E-state index in [0.29, 0.717) is 5.03 Å². The zero-order chi connectivity index (χ0) is 18.1. The van der Waals surface area contributed by atoms with Gasteiger partial charge in [0.05, 0.1) is 21.8 Å². The third kappa shape index (κ3) is 3.09. The van der Waals surface area contributed by atoms with Crippen molar-refractivity contribution in [3.63, 3.8) is 0 Å². The van der Waals surface area contributed by atoms with E-state index in [4.69, 9.17) is 0 Å². The summed E-state index contributed by atoms with van der Waals surface area (Å²) in [6.45, 7) is 2.02. The lowest BCUT2D eigenvalue weighted by Crippen LogP contribution is -2.10. The van der Waals surface area contributed by atoms with Crippen LogP contribution in [0.3, 0.4) is 0 Å². The van der Waals surface area contributed by atoms with Gasteiger partial charge in [0, 0.05) is 11.1 Å². The molecule has 0 aliphatic carbocycles. The first-order valence-electron chi connectivity index (χ1n) is 8.04. The summed E-state index contributed by atoms with van der Waals surface area (Å²) >= 11 is 5.77. The first-order valence-corrected chi connectivity index (χ1v) is 9.30. The van der Waals surface area contributed by atoms with Crippen LogP contribution in [-0.2, 0) is 0 Å². The number of hydrogen-bond donors (Lipinski definition) is 1. The number of rotatable bonds is 3. The second-order valence-electron chi connectivity index (χ2n) is 5.89. The van der Waals surface area contributed by atoms with Crippen molar-refractivity contribution < 1.29 is 0 Å². The first-order chi connectivity index (χ1) is 12.6. The predicted molar refractivity (Wildman–Crippen MR) is 111 cm³/mol. The van der Waals surface area contributed by atoms with Crippen molar-refractivity contribution in [2.75, 3.05) is 0 Å². The fourth-order valence-electron chi connectivity index (χ4n) is 2.73. The number of benzene rings is 2. The number of aromatic nitrogens is 1. The molecule has 1 aliphatic heterocycles. The molecule has 1 aliphatic rings. The number of aryl methyl sites for hydroxylation is 1. The number of thiol groups is 1. The van der Waals surface area contributed by atoms with Crippen molar-refractivity contribution in [2.45, 2.75) is 11.9 Å². The van der Waals surface area contributed by atoms with Gasteiger partial charge in [0.15, 0.2) is 0 Å². The summed E-state index contributed by atoms with van der Waals surface area (Å²) in [5.41, 5.74) is 4.60. The topological polar surface area (TPSA) is 46.7 Å². The van der Waals surface area contributed by atoms with Crippen LogP contribution in [0, 0.1) is 6.92 Å². The molecule has 26 heavy (non-hydrogen) atoms. The summed E-state index contributed by atoms with van der Waals surface area (Å²) in [5, 5.41) is 8.87. The van der Waals surface area contributed by atoms with Crippen LogP contribution in [0.15, 0.2) is 80.2 Å². The summed E-state index contributed by atoms with van der Waals surface area (Å²) in [5.74, 6) is 0. The van der Waals surface area contributed by atoms with Crippen molar-refractivity contribution in [1.82, 2.24) is 4.57 Å². The maximum atomic E-state index is 12.5. The zero-order valence-electron chi connectivity index (χ0n) is 14.0. The molecular formula is C20H15N3OS2. The highest BCUT2D eigenvalue weighted by Gasteiger charge is 2.17. The Hall–Kier alpha value is -2.70. The van der Waals surface area contributed by atoms with E-state index in [2.05, 4.69) is 22.8 Å². The lowest BCUT2D eigenvalue weighted by atomic mass is 10.0. The molecule has 0 saturated carbocycles. The molecule has 1 aromatic heterocycles. The molecule has 3 aromatic rings. The number of thiazole rings is 1. The Morgan fingerprint density at radius 3 is 2.54 bits per heavy atom. The van der Waals surface area contributed by atoms with E-state index in [1.54, 1.807) is 10.8 Å². The van der Waals surface area contributed by atoms with E-state index < -0.39 is 0 Å². The van der Waals surface area contributed by atoms with E-state index in [9.17, 15) is 4.79 Å². The van der Waals surface area contributed by atoms with Crippen molar-refractivity contribution >= 4 is 42.0 Å². The van der Waals surface area contributed by atoms with Gasteiger partial charge >= 0.3 is 4.87 Å². The molecular weight excluding hydrogens is 362 g/mol. The summed E-state index contributed by atoms with van der Waals surface area (Å²) < 4.78 is 1.62. The molecule has 0 fully saturated rings. The number of allylic oxidation sites excluding steroid dienone is 1. The SMILES string of the molecule is Cc1ccc(-n2c(S)c(C=C3C=NN=C3c3ccccc3)sc2=O)cc1. The van der Waals surface area contributed by atoms with E-state index in [-0.39, 0.29) is 4.87 Å². The quantitative estimate of drug-likeness (QED) is 0.677. The van der Waals surface area contributed by atoms with E-state index in [1.807, 2.05) is 67.6 Å². The van der Waals surface area contributed by atoms with Gasteiger partial charge in [-0.3, -0.25) is 9.36 Å². The minimum atomic E-state index is -0.0705. The van der Waals surface area contributed by atoms with Gasteiger partial charge in [-0.25, -0.2) is 0 Å². The first kappa shape index (κ1) is 16.8. The fraction of sp³-hybridized carbons (Fsp3) is 0.0500. The highest BCUT2D eigenvalue weighted by Crippen LogP contribution is 2.25. The number of nitrogens with zero attached hydrogens (tertiary/aromatic N) is 3. The van der Waals surface area contributed by atoms with Crippen LogP contribution in [0.4, 0.5) is 0 Å². The average Bonchev–Trinajstić information content (AvgIpc) is 3.22. The molecule has 0 spiro atoms. The smallest absolute Gasteiger partial charge is 0.262 e. The van der Waals surface area contributed by atoms with Crippen LogP contribution in [-0.4, -0.2) is 16.5 Å². The van der Waals surface area contributed by atoms with E-state index in [1.165, 1.54) is 0 Å². The fourth-order valence-corrected chi connectivity index (χ4v) is 4.05. The standard InChI is InChI=1S/C20H15N3OS2/c1-13-7-9-16(10-8-13)23-19(25)17(26-20(23)24)11-15-12-21-22-18(15)14-5-3-2-4-6-14/h2-12,25H,1H3. The van der Waals surface area contributed by atoms with Gasteiger partial charge in [0.2, 0.25) is 0 Å². The Bertz CT molecular complexity index is 1100. The van der Waals surface area contributed by atoms with Gasteiger partial charge in [-0.15, -0.1) is 17.7 Å². The Kier molecular flexibility index (Phi) is 4.44. The van der Waals surface area contributed by atoms with Crippen LogP contribution < -0.4 is 4.87 Å².